The number of pyridine rings is 2. The molecule has 1 fully saturated rings. The third kappa shape index (κ3) is 7.11. The molecule has 0 bridgehead atoms. The number of amides is 1. The number of methoxy groups -OCH3 is 1. The van der Waals surface area contributed by atoms with E-state index in [-0.39, 0.29) is 28.4 Å². The van der Waals surface area contributed by atoms with Crippen LogP contribution < -0.4 is 21.1 Å². The van der Waals surface area contributed by atoms with Crippen molar-refractivity contribution in [3.8, 4) is 11.1 Å². The third-order valence-corrected chi connectivity index (χ3v) is 9.81. The number of nitrogens with zero attached hydrogens (tertiary/aromatic N) is 4. The van der Waals surface area contributed by atoms with Gasteiger partial charge in [0, 0.05) is 69.1 Å². The van der Waals surface area contributed by atoms with Gasteiger partial charge in [0.2, 0.25) is 0 Å². The summed E-state index contributed by atoms with van der Waals surface area (Å²) in [6.45, 7) is 5.39. The second-order valence-electron chi connectivity index (χ2n) is 11.6. The molecule has 1 aromatic carbocycles. The van der Waals surface area contributed by atoms with Crippen molar-refractivity contribution in [2.45, 2.75) is 32.1 Å². The molecule has 4 heterocycles. The van der Waals surface area contributed by atoms with Crippen molar-refractivity contribution in [3.05, 3.63) is 86.3 Å². The number of hydrogen-bond acceptors (Lipinski definition) is 8. The first-order valence-corrected chi connectivity index (χ1v) is 16.3. The maximum absolute atomic E-state index is 15.9. The molecule has 0 atom stereocenters. The molecule has 1 aliphatic carbocycles. The van der Waals surface area contributed by atoms with Crippen molar-refractivity contribution in [3.63, 3.8) is 0 Å². The van der Waals surface area contributed by atoms with Crippen molar-refractivity contribution in [1.29, 1.82) is 0 Å². The van der Waals surface area contributed by atoms with Crippen LogP contribution in [-0.2, 0) is 24.6 Å². The number of carbonyl (C=O) groups excluding carboxylic acids is 1. The Morgan fingerprint density at radius 3 is 2.64 bits per heavy atom. The molecule has 1 amide bonds. The molecule has 4 aromatic rings. The molecule has 1 aliphatic heterocycles. The SMILES string of the molecule is COCCN1CCN(c2ccc(Nc3cc(-c4cccc(NC(=O)c5cc6c(s5)CCCCC6)c4F)cn(C)c3=O)nc2)CC1. The summed E-state index contributed by atoms with van der Waals surface area (Å²) in [7, 11) is 3.35. The number of hydrogen-bond donors (Lipinski definition) is 2. The summed E-state index contributed by atoms with van der Waals surface area (Å²) in [5.74, 6) is -0.352. The highest BCUT2D eigenvalue weighted by Gasteiger charge is 2.20. The van der Waals surface area contributed by atoms with Crippen molar-refractivity contribution < 1.29 is 13.9 Å². The van der Waals surface area contributed by atoms with Gasteiger partial charge in [0.1, 0.15) is 11.5 Å². The number of nitrogens with one attached hydrogen (secondary N) is 2. The van der Waals surface area contributed by atoms with Crippen LogP contribution in [0, 0.1) is 5.82 Å². The molecule has 236 valence electrons. The van der Waals surface area contributed by atoms with E-state index >= 15 is 4.39 Å². The fourth-order valence-corrected chi connectivity index (χ4v) is 7.15. The van der Waals surface area contributed by atoms with E-state index in [2.05, 4.69) is 25.4 Å². The molecule has 6 rings (SSSR count). The zero-order valence-corrected chi connectivity index (χ0v) is 26.6. The lowest BCUT2D eigenvalue weighted by Gasteiger charge is -2.35. The summed E-state index contributed by atoms with van der Waals surface area (Å²) >= 11 is 1.50. The molecule has 1 saturated heterocycles. The van der Waals surface area contributed by atoms with Crippen LogP contribution in [-0.4, -0.2) is 66.8 Å². The molecule has 3 aromatic heterocycles. The fourth-order valence-electron chi connectivity index (χ4n) is 6.00. The van der Waals surface area contributed by atoms with Gasteiger partial charge in [0.15, 0.2) is 5.82 Å². The monoisotopic (exact) mass is 630 g/mol. The summed E-state index contributed by atoms with van der Waals surface area (Å²) in [6, 6.07) is 12.3. The molecule has 9 nitrogen and oxygen atoms in total. The summed E-state index contributed by atoms with van der Waals surface area (Å²) in [4.78, 5) is 37.2. The second-order valence-corrected chi connectivity index (χ2v) is 12.8. The van der Waals surface area contributed by atoms with Gasteiger partial charge < -0.3 is 24.8 Å². The minimum Gasteiger partial charge on any atom is -0.383 e. The van der Waals surface area contributed by atoms with E-state index in [1.165, 1.54) is 32.8 Å². The number of benzene rings is 1. The minimum atomic E-state index is -0.557. The van der Waals surface area contributed by atoms with Crippen molar-refractivity contribution in [2.24, 2.45) is 7.05 Å². The summed E-state index contributed by atoms with van der Waals surface area (Å²) in [5.41, 5.74) is 3.15. The number of fused-ring (bicyclic) bond motifs is 1. The normalized spacial score (nSPS) is 15.4. The van der Waals surface area contributed by atoms with Gasteiger partial charge in [-0.3, -0.25) is 14.5 Å². The van der Waals surface area contributed by atoms with Crippen LogP contribution in [0.25, 0.3) is 11.1 Å². The van der Waals surface area contributed by atoms with E-state index in [0.29, 0.717) is 16.3 Å². The van der Waals surface area contributed by atoms with E-state index in [9.17, 15) is 9.59 Å². The van der Waals surface area contributed by atoms with Crippen molar-refractivity contribution >= 4 is 40.1 Å². The molecule has 0 spiro atoms. The first-order chi connectivity index (χ1) is 21.9. The first-order valence-electron chi connectivity index (χ1n) is 15.5. The lowest BCUT2D eigenvalue weighted by Crippen LogP contribution is -2.47. The molecule has 2 aliphatic rings. The number of ether oxygens (including phenoxy) is 1. The van der Waals surface area contributed by atoms with Gasteiger partial charge in [-0.25, -0.2) is 9.37 Å². The van der Waals surface area contributed by atoms with Crippen LogP contribution >= 0.6 is 11.3 Å². The highest BCUT2D eigenvalue weighted by atomic mass is 32.1. The molecule has 2 N–H and O–H groups in total. The topological polar surface area (TPSA) is 91.7 Å². The highest BCUT2D eigenvalue weighted by Crippen LogP contribution is 2.32. The number of anilines is 4. The Kier molecular flexibility index (Phi) is 9.58. The zero-order chi connectivity index (χ0) is 31.3. The lowest BCUT2D eigenvalue weighted by atomic mass is 10.1. The number of thiophene rings is 1. The van der Waals surface area contributed by atoms with Gasteiger partial charge in [0.25, 0.3) is 11.5 Å². The number of rotatable bonds is 9. The van der Waals surface area contributed by atoms with Crippen LogP contribution in [0.3, 0.4) is 0 Å². The van der Waals surface area contributed by atoms with E-state index in [0.717, 1.165) is 70.7 Å². The molecule has 45 heavy (non-hydrogen) atoms. The maximum atomic E-state index is 15.9. The average molecular weight is 631 g/mol. The smallest absolute Gasteiger partial charge is 0.274 e. The Balaban J connectivity index is 1.16. The van der Waals surface area contributed by atoms with Crippen LogP contribution in [0.4, 0.5) is 27.3 Å². The number of aryl methyl sites for hydroxylation is 3. The van der Waals surface area contributed by atoms with E-state index < -0.39 is 5.82 Å². The Hall–Kier alpha value is -4.06. The van der Waals surface area contributed by atoms with Crippen molar-refractivity contribution in [1.82, 2.24) is 14.5 Å². The summed E-state index contributed by atoms with van der Waals surface area (Å²) < 4.78 is 22.5. The van der Waals surface area contributed by atoms with E-state index in [1.54, 1.807) is 50.8 Å². The Morgan fingerprint density at radius 2 is 1.87 bits per heavy atom. The maximum Gasteiger partial charge on any atom is 0.274 e. The predicted octanol–water partition coefficient (Wildman–Crippen LogP) is 5.68. The largest absolute Gasteiger partial charge is 0.383 e. The first kappa shape index (κ1) is 30.9. The molecule has 11 heteroatoms. The van der Waals surface area contributed by atoms with Gasteiger partial charge in [-0.1, -0.05) is 18.6 Å². The predicted molar refractivity (Wildman–Crippen MR) is 179 cm³/mol. The summed E-state index contributed by atoms with van der Waals surface area (Å²) in [5, 5.41) is 5.90. The highest BCUT2D eigenvalue weighted by molar-refractivity contribution is 7.14. The van der Waals surface area contributed by atoms with Gasteiger partial charge in [0.05, 0.1) is 29.1 Å². The number of carbonyl (C=O) groups is 1. The Labute approximate surface area is 266 Å². The third-order valence-electron chi connectivity index (χ3n) is 8.57. The van der Waals surface area contributed by atoms with Crippen LogP contribution in [0.5, 0.6) is 0 Å². The van der Waals surface area contributed by atoms with Crippen LogP contribution in [0.15, 0.2) is 59.7 Å². The van der Waals surface area contributed by atoms with Gasteiger partial charge >= 0.3 is 0 Å². The van der Waals surface area contributed by atoms with Crippen LogP contribution in [0.1, 0.15) is 39.4 Å². The average Bonchev–Trinajstić information content (AvgIpc) is 3.34. The Morgan fingerprint density at radius 1 is 1.04 bits per heavy atom. The molecule has 0 saturated carbocycles. The number of piperazine rings is 1. The standard InChI is InChI=1S/C34H39FN6O3S/c1-39-22-24(26-8-6-9-27(32(26)35)38-33(42)30-20-23-7-4-3-5-10-29(23)45-30)19-28(34(39)43)37-31-12-11-25(21-36-31)41-15-13-40(14-16-41)17-18-44-2/h6,8-9,11-12,19-22H,3-5,7,10,13-18H2,1-2H3,(H,36,37)(H,38,42). The van der Waals surface area contributed by atoms with Gasteiger partial charge in [-0.2, -0.15) is 0 Å². The second kappa shape index (κ2) is 13.9. The number of halogens is 1. The Bertz CT molecular complexity index is 1690. The van der Waals surface area contributed by atoms with Gasteiger partial charge in [-0.05, 0) is 61.6 Å². The molecular weight excluding hydrogens is 591 g/mol. The summed E-state index contributed by atoms with van der Waals surface area (Å²) in [6.07, 6.45) is 8.85. The van der Waals surface area contributed by atoms with E-state index in [4.69, 9.17) is 4.74 Å². The fraction of sp³-hybridized carbons (Fsp3) is 0.382. The molecule has 0 unspecified atom stereocenters. The minimum absolute atomic E-state index is 0.0984. The lowest BCUT2D eigenvalue weighted by molar-refractivity contribution is 0.103. The zero-order valence-electron chi connectivity index (χ0n) is 25.8. The van der Waals surface area contributed by atoms with Crippen molar-refractivity contribution in [2.75, 3.05) is 62.0 Å². The number of aromatic nitrogens is 2. The quantitative estimate of drug-likeness (QED) is 0.230. The molecular formula is C34H39FN6O3S. The van der Waals surface area contributed by atoms with Gasteiger partial charge in [-0.15, -0.1) is 11.3 Å². The van der Waals surface area contributed by atoms with E-state index in [1.807, 2.05) is 18.2 Å². The van der Waals surface area contributed by atoms with Crippen LogP contribution in [0.2, 0.25) is 0 Å². The molecule has 0 radical (unpaired) electrons.